The fourth-order valence-electron chi connectivity index (χ4n) is 1.21. The highest BCUT2D eigenvalue weighted by molar-refractivity contribution is 7.80. The maximum absolute atomic E-state index is 11.7. The van der Waals surface area contributed by atoms with Crippen molar-refractivity contribution in [2.45, 2.75) is 31.3 Å². The molecule has 0 unspecified atom stereocenters. The molecule has 0 N–H and O–H groups in total. The van der Waals surface area contributed by atoms with E-state index in [0.29, 0.717) is 17.1 Å². The highest BCUT2D eigenvalue weighted by atomic mass is 32.1. The molecule has 4 heteroatoms. The van der Waals surface area contributed by atoms with Crippen molar-refractivity contribution < 1.29 is 14.3 Å². The van der Waals surface area contributed by atoms with Crippen molar-refractivity contribution in [2.75, 3.05) is 13.2 Å². The molecule has 3 nitrogen and oxygen atoms in total. The average Bonchev–Trinajstić information content (AvgIpc) is 2.23. The van der Waals surface area contributed by atoms with E-state index in [2.05, 4.69) is 12.6 Å². The highest BCUT2D eigenvalue weighted by Gasteiger charge is 2.12. The summed E-state index contributed by atoms with van der Waals surface area (Å²) in [7, 11) is 0. The Kier molecular flexibility index (Phi) is 5.02. The molecule has 0 aliphatic rings. The van der Waals surface area contributed by atoms with Gasteiger partial charge in [0.1, 0.15) is 6.61 Å². The maximum Gasteiger partial charge on any atom is 0.339 e. The van der Waals surface area contributed by atoms with E-state index in [1.54, 1.807) is 18.2 Å². The third kappa shape index (κ3) is 5.24. The number of rotatable bonds is 4. The Bertz CT molecular complexity index is 382. The Morgan fingerprint density at radius 3 is 2.47 bits per heavy atom. The van der Waals surface area contributed by atoms with E-state index in [1.807, 2.05) is 26.8 Å². The molecule has 1 aromatic carbocycles. The standard InChI is InChI=1S/C13H18O3S/c1-13(2,3)16-9-8-15-12(14)10-6-4-5-7-11(10)17/h4-7,17H,8-9H2,1-3H3. The number of carbonyl (C=O) groups is 1. The molecule has 94 valence electrons. The summed E-state index contributed by atoms with van der Waals surface area (Å²) < 4.78 is 10.5. The van der Waals surface area contributed by atoms with Crippen molar-refractivity contribution in [3.8, 4) is 0 Å². The number of thiol groups is 1. The van der Waals surface area contributed by atoms with Crippen LogP contribution in [-0.4, -0.2) is 24.8 Å². The van der Waals surface area contributed by atoms with Crippen LogP contribution in [0, 0.1) is 0 Å². The first-order valence-electron chi connectivity index (χ1n) is 5.49. The lowest BCUT2D eigenvalue weighted by Gasteiger charge is -2.19. The number of esters is 1. The fraction of sp³-hybridized carbons (Fsp3) is 0.462. The molecule has 0 amide bonds. The van der Waals surface area contributed by atoms with Crippen LogP contribution < -0.4 is 0 Å². The number of hydrogen-bond acceptors (Lipinski definition) is 4. The van der Waals surface area contributed by atoms with Crippen molar-refractivity contribution in [3.63, 3.8) is 0 Å². The Hall–Kier alpha value is -1.00. The SMILES string of the molecule is CC(C)(C)OCCOC(=O)c1ccccc1S. The van der Waals surface area contributed by atoms with Crippen LogP contribution in [0.5, 0.6) is 0 Å². The van der Waals surface area contributed by atoms with E-state index >= 15 is 0 Å². The zero-order valence-electron chi connectivity index (χ0n) is 10.4. The summed E-state index contributed by atoms with van der Waals surface area (Å²) in [6.45, 7) is 6.51. The van der Waals surface area contributed by atoms with Gasteiger partial charge in [0.15, 0.2) is 0 Å². The lowest BCUT2D eigenvalue weighted by molar-refractivity contribution is -0.0282. The largest absolute Gasteiger partial charge is 0.460 e. The summed E-state index contributed by atoms with van der Waals surface area (Å²) >= 11 is 4.20. The van der Waals surface area contributed by atoms with Crippen LogP contribution in [0.4, 0.5) is 0 Å². The van der Waals surface area contributed by atoms with E-state index in [0.717, 1.165) is 0 Å². The summed E-state index contributed by atoms with van der Waals surface area (Å²) in [5.74, 6) is -0.367. The Morgan fingerprint density at radius 1 is 1.24 bits per heavy atom. The molecular weight excluding hydrogens is 236 g/mol. The van der Waals surface area contributed by atoms with Crippen LogP contribution in [0.25, 0.3) is 0 Å². The highest BCUT2D eigenvalue weighted by Crippen LogP contribution is 2.14. The fourth-order valence-corrected chi connectivity index (χ4v) is 1.46. The van der Waals surface area contributed by atoms with Gasteiger partial charge in [0.25, 0.3) is 0 Å². The quantitative estimate of drug-likeness (QED) is 0.510. The minimum Gasteiger partial charge on any atom is -0.460 e. The van der Waals surface area contributed by atoms with E-state index in [9.17, 15) is 4.79 Å². The molecule has 0 atom stereocenters. The van der Waals surface area contributed by atoms with Crippen LogP contribution in [0.15, 0.2) is 29.2 Å². The monoisotopic (exact) mass is 254 g/mol. The lowest BCUT2D eigenvalue weighted by Crippen LogP contribution is -2.22. The second kappa shape index (κ2) is 6.07. The molecule has 0 aromatic heterocycles. The summed E-state index contributed by atoms with van der Waals surface area (Å²) in [5.41, 5.74) is 0.264. The van der Waals surface area contributed by atoms with Crippen molar-refractivity contribution in [1.29, 1.82) is 0 Å². The molecule has 0 aliphatic heterocycles. The molecule has 1 aromatic rings. The molecule has 17 heavy (non-hydrogen) atoms. The third-order valence-corrected chi connectivity index (χ3v) is 2.37. The molecular formula is C13H18O3S. The average molecular weight is 254 g/mol. The molecule has 0 spiro atoms. The van der Waals surface area contributed by atoms with Crippen molar-refractivity contribution in [2.24, 2.45) is 0 Å². The van der Waals surface area contributed by atoms with Gasteiger partial charge >= 0.3 is 5.97 Å². The second-order valence-corrected chi connectivity index (χ2v) is 5.10. The molecule has 0 saturated carbocycles. The van der Waals surface area contributed by atoms with Crippen LogP contribution in [0.1, 0.15) is 31.1 Å². The van der Waals surface area contributed by atoms with E-state index in [-0.39, 0.29) is 18.2 Å². The van der Waals surface area contributed by atoms with Crippen molar-refractivity contribution in [1.82, 2.24) is 0 Å². The molecule has 0 fully saturated rings. The summed E-state index contributed by atoms with van der Waals surface area (Å²) in [6.07, 6.45) is 0. The summed E-state index contributed by atoms with van der Waals surface area (Å²) in [6, 6.07) is 7.05. The number of ether oxygens (including phenoxy) is 2. The van der Waals surface area contributed by atoms with Crippen LogP contribution >= 0.6 is 12.6 Å². The predicted octanol–water partition coefficient (Wildman–Crippen LogP) is 2.95. The number of carbonyl (C=O) groups excluding carboxylic acids is 1. The Morgan fingerprint density at radius 2 is 1.88 bits per heavy atom. The lowest BCUT2D eigenvalue weighted by atomic mass is 10.2. The normalized spacial score (nSPS) is 11.3. The smallest absolute Gasteiger partial charge is 0.339 e. The van der Waals surface area contributed by atoms with Gasteiger partial charge in [-0.2, -0.15) is 0 Å². The molecule has 0 saturated heterocycles. The molecule has 0 radical (unpaired) electrons. The minimum atomic E-state index is -0.367. The zero-order chi connectivity index (χ0) is 12.9. The minimum absolute atomic E-state index is 0.214. The third-order valence-electron chi connectivity index (χ3n) is 1.98. The van der Waals surface area contributed by atoms with Gasteiger partial charge in [-0.05, 0) is 32.9 Å². The first-order chi connectivity index (χ1) is 7.90. The van der Waals surface area contributed by atoms with Crippen LogP contribution in [-0.2, 0) is 9.47 Å². The molecule has 0 heterocycles. The zero-order valence-corrected chi connectivity index (χ0v) is 11.3. The van der Waals surface area contributed by atoms with Gasteiger partial charge < -0.3 is 9.47 Å². The van der Waals surface area contributed by atoms with Gasteiger partial charge in [0.2, 0.25) is 0 Å². The Labute approximate surface area is 108 Å². The van der Waals surface area contributed by atoms with Crippen LogP contribution in [0.2, 0.25) is 0 Å². The molecule has 0 aliphatic carbocycles. The van der Waals surface area contributed by atoms with Crippen molar-refractivity contribution >= 4 is 18.6 Å². The maximum atomic E-state index is 11.7. The van der Waals surface area contributed by atoms with Crippen LogP contribution in [0.3, 0.4) is 0 Å². The van der Waals surface area contributed by atoms with E-state index in [1.165, 1.54) is 0 Å². The van der Waals surface area contributed by atoms with Gasteiger partial charge in [-0.1, -0.05) is 12.1 Å². The second-order valence-electron chi connectivity index (χ2n) is 4.61. The van der Waals surface area contributed by atoms with Gasteiger partial charge in [-0.15, -0.1) is 12.6 Å². The number of hydrogen-bond donors (Lipinski definition) is 1. The predicted molar refractivity (Wildman–Crippen MR) is 69.7 cm³/mol. The molecule has 1 rings (SSSR count). The number of benzene rings is 1. The summed E-state index contributed by atoms with van der Waals surface area (Å²) in [5, 5.41) is 0. The van der Waals surface area contributed by atoms with E-state index < -0.39 is 0 Å². The van der Waals surface area contributed by atoms with E-state index in [4.69, 9.17) is 9.47 Å². The molecule has 0 bridgehead atoms. The van der Waals surface area contributed by atoms with Gasteiger partial charge in [0.05, 0.1) is 17.8 Å². The topological polar surface area (TPSA) is 35.5 Å². The first kappa shape index (κ1) is 14.1. The van der Waals surface area contributed by atoms with Gasteiger partial charge in [-0.3, -0.25) is 0 Å². The summed E-state index contributed by atoms with van der Waals surface area (Å²) in [4.78, 5) is 12.3. The van der Waals surface area contributed by atoms with Crippen molar-refractivity contribution in [3.05, 3.63) is 29.8 Å². The Balaban J connectivity index is 2.39. The van der Waals surface area contributed by atoms with Gasteiger partial charge in [-0.25, -0.2) is 4.79 Å². The van der Waals surface area contributed by atoms with Gasteiger partial charge in [0, 0.05) is 4.90 Å². The first-order valence-corrected chi connectivity index (χ1v) is 5.94.